The van der Waals surface area contributed by atoms with Crippen molar-refractivity contribution in [3.05, 3.63) is 45.8 Å². The van der Waals surface area contributed by atoms with Crippen LogP contribution in [0.5, 0.6) is 0 Å². The van der Waals surface area contributed by atoms with E-state index in [0.717, 1.165) is 10.6 Å². The Labute approximate surface area is 245 Å². The van der Waals surface area contributed by atoms with Crippen LogP contribution in [0, 0.1) is 10.8 Å². The zero-order valence-corrected chi connectivity index (χ0v) is 26.5. The average molecular weight is 617 g/mol. The zero-order valence-electron chi connectivity index (χ0n) is 25.6. The number of esters is 2. The third kappa shape index (κ3) is 10.6. The Morgan fingerprint density at radius 1 is 1.14 bits per heavy atom. The fourth-order valence-electron chi connectivity index (χ4n) is 3.73. The summed E-state index contributed by atoms with van der Waals surface area (Å²) in [7, 11) is -4.23. The van der Waals surface area contributed by atoms with Crippen LogP contribution in [0.1, 0.15) is 68.0 Å². The van der Waals surface area contributed by atoms with Gasteiger partial charge >= 0.3 is 25.3 Å². The first-order chi connectivity index (χ1) is 19.2. The summed E-state index contributed by atoms with van der Waals surface area (Å²) in [6, 6.07) is -1.14. The standard InChI is InChI=1S/C27H45N4O10P/c1-10-27(13-19(32)21(41-27)31-12-11-20(33)28-24(31)36)16-40-42(37,29-17(2)22(34)38-14-25(4,5)6)30-18(3)23(35)39-15-26(7,8)9/h10-12,17-19,21,32H,1,13-16H2,2-9H3,(H,28,33,36)(H2,29,30,37)/t17-,18-,19+,21+,27-/m0/s1. The van der Waals surface area contributed by atoms with E-state index in [2.05, 4.69) is 21.7 Å². The summed E-state index contributed by atoms with van der Waals surface area (Å²) in [4.78, 5) is 51.2. The monoisotopic (exact) mass is 616 g/mol. The molecular weight excluding hydrogens is 571 g/mol. The Bertz CT molecular complexity index is 1240. The molecule has 5 atom stereocenters. The van der Waals surface area contributed by atoms with Crippen molar-refractivity contribution >= 4 is 19.6 Å². The van der Waals surface area contributed by atoms with Gasteiger partial charge in [0.1, 0.15) is 23.8 Å². The lowest BCUT2D eigenvalue weighted by atomic mass is 9.99. The van der Waals surface area contributed by atoms with Gasteiger partial charge in [-0.15, -0.1) is 6.58 Å². The van der Waals surface area contributed by atoms with Crippen LogP contribution >= 0.6 is 7.67 Å². The van der Waals surface area contributed by atoms with Crippen molar-refractivity contribution < 1.29 is 38.0 Å². The predicted molar refractivity (Wildman–Crippen MR) is 155 cm³/mol. The van der Waals surface area contributed by atoms with Gasteiger partial charge in [-0.25, -0.2) is 15.0 Å². The summed E-state index contributed by atoms with van der Waals surface area (Å²) in [6.07, 6.45) is -0.0426. The molecule has 0 unspecified atom stereocenters. The van der Waals surface area contributed by atoms with Crippen molar-refractivity contribution in [2.75, 3.05) is 19.8 Å². The largest absolute Gasteiger partial charge is 0.464 e. The summed E-state index contributed by atoms with van der Waals surface area (Å²) in [5.74, 6) is -1.39. The maximum absolute atomic E-state index is 14.1. The number of carbonyl (C=O) groups is 2. The van der Waals surface area contributed by atoms with E-state index in [9.17, 15) is 28.8 Å². The number of aromatic nitrogens is 2. The van der Waals surface area contributed by atoms with Crippen molar-refractivity contribution in [3.8, 4) is 0 Å². The number of H-pyrrole nitrogens is 1. The van der Waals surface area contributed by atoms with Gasteiger partial charge < -0.3 is 23.8 Å². The number of aliphatic hydroxyl groups is 1. The molecular formula is C27H45N4O10P. The summed E-state index contributed by atoms with van der Waals surface area (Å²) in [5, 5.41) is 15.9. The first-order valence-electron chi connectivity index (χ1n) is 13.6. The zero-order chi connectivity index (χ0) is 32.1. The molecule has 0 bridgehead atoms. The van der Waals surface area contributed by atoms with Crippen LogP contribution in [0.4, 0.5) is 0 Å². The Morgan fingerprint density at radius 3 is 2.07 bits per heavy atom. The number of nitrogens with zero attached hydrogens (tertiary/aromatic N) is 1. The first kappa shape index (κ1) is 35.6. The molecule has 4 N–H and O–H groups in total. The van der Waals surface area contributed by atoms with Crippen LogP contribution < -0.4 is 21.4 Å². The van der Waals surface area contributed by atoms with E-state index < -0.39 is 67.5 Å². The van der Waals surface area contributed by atoms with Crippen molar-refractivity contribution in [2.24, 2.45) is 10.8 Å². The number of aliphatic hydroxyl groups excluding tert-OH is 1. The van der Waals surface area contributed by atoms with E-state index in [4.69, 9.17) is 18.7 Å². The van der Waals surface area contributed by atoms with E-state index >= 15 is 0 Å². The molecule has 1 aliphatic rings. The molecule has 0 radical (unpaired) electrons. The minimum Gasteiger partial charge on any atom is -0.464 e. The maximum Gasteiger partial charge on any atom is 0.342 e. The second-order valence-electron chi connectivity index (χ2n) is 12.9. The van der Waals surface area contributed by atoms with Crippen LogP contribution in [0.3, 0.4) is 0 Å². The highest BCUT2D eigenvalue weighted by molar-refractivity contribution is 7.54. The quantitative estimate of drug-likeness (QED) is 0.144. The summed E-state index contributed by atoms with van der Waals surface area (Å²) < 4.78 is 37.5. The van der Waals surface area contributed by atoms with E-state index in [0.29, 0.717) is 0 Å². The molecule has 0 aliphatic carbocycles. The highest BCUT2D eigenvalue weighted by atomic mass is 31.2. The fraction of sp³-hybridized carbons (Fsp3) is 0.704. The molecule has 1 aromatic heterocycles. The fourth-order valence-corrected chi connectivity index (χ4v) is 5.58. The Hall–Kier alpha value is -2.61. The number of nitrogens with one attached hydrogen (secondary N) is 3. The van der Waals surface area contributed by atoms with Gasteiger partial charge in [-0.1, -0.05) is 47.6 Å². The van der Waals surface area contributed by atoms with Crippen LogP contribution in [0.25, 0.3) is 0 Å². The molecule has 0 spiro atoms. The van der Waals surface area contributed by atoms with Crippen molar-refractivity contribution in [3.63, 3.8) is 0 Å². The molecule has 1 fully saturated rings. The lowest BCUT2D eigenvalue weighted by Crippen LogP contribution is -2.44. The van der Waals surface area contributed by atoms with Gasteiger partial charge in [0.05, 0.1) is 19.8 Å². The second-order valence-corrected chi connectivity index (χ2v) is 14.8. The number of aromatic amines is 1. The van der Waals surface area contributed by atoms with E-state index in [-0.39, 0.29) is 30.5 Å². The van der Waals surface area contributed by atoms with Crippen LogP contribution in [0.2, 0.25) is 0 Å². The Balaban J connectivity index is 2.26. The number of ether oxygens (including phenoxy) is 3. The minimum atomic E-state index is -4.23. The molecule has 1 aliphatic heterocycles. The van der Waals surface area contributed by atoms with Gasteiger partial charge in [0.2, 0.25) is 0 Å². The molecule has 238 valence electrons. The van der Waals surface area contributed by atoms with E-state index in [1.165, 1.54) is 26.1 Å². The predicted octanol–water partition coefficient (Wildman–Crippen LogP) is 2.00. The van der Waals surface area contributed by atoms with Gasteiger partial charge in [0.15, 0.2) is 6.23 Å². The van der Waals surface area contributed by atoms with Gasteiger partial charge in [-0.2, -0.15) is 0 Å². The van der Waals surface area contributed by atoms with Crippen molar-refractivity contribution in [2.45, 2.75) is 91.8 Å². The van der Waals surface area contributed by atoms with Crippen LogP contribution in [-0.4, -0.2) is 70.2 Å². The molecule has 14 nitrogen and oxygen atoms in total. The molecule has 2 rings (SSSR count). The molecule has 1 aromatic rings. The molecule has 42 heavy (non-hydrogen) atoms. The molecule has 0 aromatic carbocycles. The van der Waals surface area contributed by atoms with Crippen LogP contribution in [0.15, 0.2) is 34.5 Å². The lowest BCUT2D eigenvalue weighted by Gasteiger charge is -2.31. The van der Waals surface area contributed by atoms with E-state index in [1.54, 1.807) is 0 Å². The number of carbonyl (C=O) groups excluding carboxylic acids is 2. The average Bonchev–Trinajstić information content (AvgIpc) is 3.20. The molecule has 0 amide bonds. The molecule has 1 saturated heterocycles. The third-order valence-corrected chi connectivity index (χ3v) is 7.90. The van der Waals surface area contributed by atoms with Gasteiger partial charge in [0.25, 0.3) is 5.56 Å². The Kier molecular flexibility index (Phi) is 11.7. The van der Waals surface area contributed by atoms with E-state index in [1.807, 2.05) is 41.5 Å². The first-order valence-corrected chi connectivity index (χ1v) is 15.3. The number of hydrogen-bond donors (Lipinski definition) is 4. The normalized spacial score (nSPS) is 22.8. The summed E-state index contributed by atoms with van der Waals surface area (Å²) in [6.45, 7) is 17.7. The van der Waals surface area contributed by atoms with Crippen molar-refractivity contribution in [1.82, 2.24) is 19.7 Å². The van der Waals surface area contributed by atoms with Gasteiger partial charge in [0, 0.05) is 18.7 Å². The van der Waals surface area contributed by atoms with Crippen molar-refractivity contribution in [1.29, 1.82) is 0 Å². The molecule has 0 saturated carbocycles. The molecule has 2 heterocycles. The SMILES string of the molecule is C=C[C@@]1(COP(=O)(N[C@@H](C)C(=O)OCC(C)(C)C)N[C@@H](C)C(=O)OCC(C)(C)C)C[C@@H](O)[C@H](n2ccc(=O)[nH]c2=O)O1. The van der Waals surface area contributed by atoms with Gasteiger partial charge in [-0.05, 0) is 24.7 Å². The highest BCUT2D eigenvalue weighted by Crippen LogP contribution is 2.44. The third-order valence-electron chi connectivity index (χ3n) is 5.96. The minimum absolute atomic E-state index is 0.112. The lowest BCUT2D eigenvalue weighted by molar-refractivity contribution is -0.148. The highest BCUT2D eigenvalue weighted by Gasteiger charge is 2.47. The summed E-state index contributed by atoms with van der Waals surface area (Å²) in [5.41, 5.74) is -3.47. The molecule has 15 heteroatoms. The number of hydrogen-bond acceptors (Lipinski definition) is 10. The maximum atomic E-state index is 14.1. The second kappa shape index (κ2) is 13.8. The van der Waals surface area contributed by atoms with Gasteiger partial charge in [-0.3, -0.25) is 28.5 Å². The topological polar surface area (TPSA) is 187 Å². The summed E-state index contributed by atoms with van der Waals surface area (Å²) >= 11 is 0. The van der Waals surface area contributed by atoms with Crippen LogP contribution in [-0.2, 0) is 32.9 Å². The smallest absolute Gasteiger partial charge is 0.342 e. The Morgan fingerprint density at radius 2 is 1.64 bits per heavy atom. The number of rotatable bonds is 13.